The average molecular weight is 508 g/mol. The molecule has 0 radical (unpaired) electrons. The molecule has 1 N–H and O–H groups in total. The van der Waals surface area contributed by atoms with Crippen molar-refractivity contribution in [3.63, 3.8) is 0 Å². The molecule has 0 spiro atoms. The summed E-state index contributed by atoms with van der Waals surface area (Å²) in [6.07, 6.45) is 2.34. The molecular weight excluding hydrogens is 481 g/mol. The summed E-state index contributed by atoms with van der Waals surface area (Å²) in [5.74, 6) is 0.545. The van der Waals surface area contributed by atoms with Gasteiger partial charge < -0.3 is 15.0 Å². The van der Waals surface area contributed by atoms with Crippen molar-refractivity contribution in [1.29, 1.82) is 0 Å². The van der Waals surface area contributed by atoms with Crippen molar-refractivity contribution in [1.82, 2.24) is 14.5 Å². The summed E-state index contributed by atoms with van der Waals surface area (Å²) in [5.41, 5.74) is 1.79. The predicted molar refractivity (Wildman–Crippen MR) is 136 cm³/mol. The van der Waals surface area contributed by atoms with Gasteiger partial charge in [-0.05, 0) is 38.5 Å². The van der Waals surface area contributed by atoms with Gasteiger partial charge in [0, 0.05) is 48.4 Å². The highest BCUT2D eigenvalue weighted by Gasteiger charge is 2.35. The maximum absolute atomic E-state index is 13.6. The van der Waals surface area contributed by atoms with Crippen LogP contribution in [0.2, 0.25) is 10.0 Å². The van der Waals surface area contributed by atoms with E-state index in [9.17, 15) is 4.79 Å². The van der Waals surface area contributed by atoms with Gasteiger partial charge in [-0.1, -0.05) is 30.1 Å². The van der Waals surface area contributed by atoms with E-state index in [1.807, 2.05) is 26.2 Å². The Kier molecular flexibility index (Phi) is 7.58. The van der Waals surface area contributed by atoms with Crippen LogP contribution in [0, 0.1) is 0 Å². The molecule has 0 aliphatic carbocycles. The second kappa shape index (κ2) is 10.4. The van der Waals surface area contributed by atoms with E-state index in [4.69, 9.17) is 32.9 Å². The van der Waals surface area contributed by atoms with E-state index in [-0.39, 0.29) is 17.7 Å². The van der Waals surface area contributed by atoms with E-state index in [1.54, 1.807) is 40.3 Å². The number of anilines is 2. The second-order valence-electron chi connectivity index (χ2n) is 7.75. The Balaban J connectivity index is 1.72. The van der Waals surface area contributed by atoms with E-state index in [0.717, 1.165) is 5.13 Å². The van der Waals surface area contributed by atoms with Crippen molar-refractivity contribution < 1.29 is 4.74 Å². The molecule has 0 bridgehead atoms. The van der Waals surface area contributed by atoms with Crippen LogP contribution in [-0.2, 0) is 17.7 Å². The molecule has 2 atom stereocenters. The Morgan fingerprint density at radius 1 is 1.24 bits per heavy atom. The Morgan fingerprint density at radius 3 is 2.70 bits per heavy atom. The van der Waals surface area contributed by atoms with Crippen LogP contribution in [0.25, 0.3) is 11.4 Å². The summed E-state index contributed by atoms with van der Waals surface area (Å²) >= 11 is 14.1. The zero-order valence-corrected chi connectivity index (χ0v) is 21.2. The molecule has 1 aliphatic heterocycles. The Hall–Kier alpha value is -2.13. The maximum Gasteiger partial charge on any atom is 0.277 e. The minimum absolute atomic E-state index is 0.0658. The number of nitrogens with zero attached hydrogens (tertiary/aromatic N) is 4. The SMILES string of the molecule is CCOC1CN(c2nccs2)CC1Nc1c(CC)nc(-c2ccc(Cl)cc2Cl)n(CC)c1=O. The highest BCUT2D eigenvalue weighted by atomic mass is 35.5. The molecular formula is C23H27Cl2N5O2S. The summed E-state index contributed by atoms with van der Waals surface area (Å²) in [6, 6.07) is 5.16. The number of thiazole rings is 1. The van der Waals surface area contributed by atoms with Crippen molar-refractivity contribution in [2.24, 2.45) is 0 Å². The first-order chi connectivity index (χ1) is 16.0. The number of nitrogens with one attached hydrogen (secondary N) is 1. The molecule has 1 saturated heterocycles. The van der Waals surface area contributed by atoms with E-state index >= 15 is 0 Å². The molecule has 2 unspecified atom stereocenters. The lowest BCUT2D eigenvalue weighted by Crippen LogP contribution is -2.38. The van der Waals surface area contributed by atoms with Crippen LogP contribution in [0.1, 0.15) is 26.5 Å². The lowest BCUT2D eigenvalue weighted by Gasteiger charge is -2.23. The Morgan fingerprint density at radius 2 is 2.06 bits per heavy atom. The van der Waals surface area contributed by atoms with E-state index in [2.05, 4.69) is 15.2 Å². The first-order valence-electron chi connectivity index (χ1n) is 11.1. The standard InChI is InChI=1S/C23H27Cl2N5O2S/c1-4-17-20(27-18-12-29(13-19(18)32-6-3)23-26-9-10-33-23)22(31)30(5-2)21(28-17)15-8-7-14(24)11-16(15)25/h7-11,18-19,27H,4-6,12-13H2,1-3H3. The zero-order chi connectivity index (χ0) is 23.5. The van der Waals surface area contributed by atoms with Crippen LogP contribution >= 0.6 is 34.5 Å². The number of aromatic nitrogens is 3. The number of ether oxygens (including phenoxy) is 1. The number of halogens is 2. The molecule has 10 heteroatoms. The molecule has 0 amide bonds. The topological polar surface area (TPSA) is 72.3 Å². The third-order valence-electron chi connectivity index (χ3n) is 5.73. The largest absolute Gasteiger partial charge is 0.374 e. The smallest absolute Gasteiger partial charge is 0.277 e. The van der Waals surface area contributed by atoms with Gasteiger partial charge in [0.1, 0.15) is 11.5 Å². The zero-order valence-electron chi connectivity index (χ0n) is 18.8. The average Bonchev–Trinajstić information content (AvgIpc) is 3.46. The summed E-state index contributed by atoms with van der Waals surface area (Å²) in [6.45, 7) is 8.37. The summed E-state index contributed by atoms with van der Waals surface area (Å²) in [4.78, 5) is 25.1. The van der Waals surface area contributed by atoms with Crippen molar-refractivity contribution >= 4 is 45.4 Å². The van der Waals surface area contributed by atoms with Gasteiger partial charge in [-0.25, -0.2) is 9.97 Å². The lowest BCUT2D eigenvalue weighted by atomic mass is 10.1. The van der Waals surface area contributed by atoms with Gasteiger partial charge in [0.15, 0.2) is 5.13 Å². The van der Waals surface area contributed by atoms with Gasteiger partial charge in [-0.15, -0.1) is 11.3 Å². The fourth-order valence-corrected chi connectivity index (χ4v) is 5.33. The van der Waals surface area contributed by atoms with Crippen molar-refractivity contribution in [2.45, 2.75) is 45.9 Å². The third kappa shape index (κ3) is 4.89. The monoisotopic (exact) mass is 507 g/mol. The first-order valence-corrected chi connectivity index (χ1v) is 12.7. The number of hydrogen-bond donors (Lipinski definition) is 1. The maximum atomic E-state index is 13.6. The fourth-order valence-electron chi connectivity index (χ4n) is 4.18. The summed E-state index contributed by atoms with van der Waals surface area (Å²) < 4.78 is 7.67. The van der Waals surface area contributed by atoms with E-state index in [0.29, 0.717) is 65.5 Å². The number of benzene rings is 1. The van der Waals surface area contributed by atoms with Crippen molar-refractivity contribution in [3.8, 4) is 11.4 Å². The third-order valence-corrected chi connectivity index (χ3v) is 7.11. The second-order valence-corrected chi connectivity index (χ2v) is 9.47. The molecule has 176 valence electrons. The molecule has 3 aromatic rings. The molecule has 3 heterocycles. The number of rotatable bonds is 8. The van der Waals surface area contributed by atoms with Crippen LogP contribution < -0.4 is 15.8 Å². The van der Waals surface area contributed by atoms with E-state index in [1.165, 1.54) is 0 Å². The van der Waals surface area contributed by atoms with Crippen LogP contribution in [0.3, 0.4) is 0 Å². The van der Waals surface area contributed by atoms with Gasteiger partial charge in [0.05, 0.1) is 22.9 Å². The van der Waals surface area contributed by atoms with Crippen molar-refractivity contribution in [3.05, 3.63) is 55.9 Å². The summed E-state index contributed by atoms with van der Waals surface area (Å²) in [5, 5.41) is 7.41. The molecule has 2 aromatic heterocycles. The normalized spacial score (nSPS) is 18.2. The Labute approximate surface area is 207 Å². The molecule has 33 heavy (non-hydrogen) atoms. The molecule has 1 aromatic carbocycles. The molecule has 7 nitrogen and oxygen atoms in total. The minimum atomic E-state index is -0.117. The number of hydrogen-bond acceptors (Lipinski definition) is 7. The fraction of sp³-hybridized carbons (Fsp3) is 0.435. The Bertz CT molecular complexity index is 1170. The predicted octanol–water partition coefficient (Wildman–Crippen LogP) is 4.96. The van der Waals surface area contributed by atoms with Crippen LogP contribution in [0.15, 0.2) is 34.6 Å². The highest BCUT2D eigenvalue weighted by molar-refractivity contribution is 7.13. The van der Waals surface area contributed by atoms with Gasteiger partial charge in [0.2, 0.25) is 0 Å². The van der Waals surface area contributed by atoms with Gasteiger partial charge in [-0.3, -0.25) is 9.36 Å². The minimum Gasteiger partial charge on any atom is -0.374 e. The quantitative estimate of drug-likeness (QED) is 0.464. The van der Waals surface area contributed by atoms with Crippen LogP contribution in [0.5, 0.6) is 0 Å². The molecule has 1 aliphatic rings. The van der Waals surface area contributed by atoms with Gasteiger partial charge in [-0.2, -0.15) is 0 Å². The molecule has 4 rings (SSSR count). The highest BCUT2D eigenvalue weighted by Crippen LogP contribution is 2.31. The molecule has 0 saturated carbocycles. The summed E-state index contributed by atoms with van der Waals surface area (Å²) in [7, 11) is 0. The van der Waals surface area contributed by atoms with Crippen LogP contribution in [0.4, 0.5) is 10.8 Å². The van der Waals surface area contributed by atoms with Gasteiger partial charge >= 0.3 is 0 Å². The molecule has 1 fully saturated rings. The first kappa shape index (κ1) is 24.0. The number of aryl methyl sites for hydroxylation is 1. The van der Waals surface area contributed by atoms with Crippen LogP contribution in [-0.4, -0.2) is 46.4 Å². The van der Waals surface area contributed by atoms with Gasteiger partial charge in [0.25, 0.3) is 5.56 Å². The van der Waals surface area contributed by atoms with E-state index < -0.39 is 0 Å². The lowest BCUT2D eigenvalue weighted by molar-refractivity contribution is 0.0720. The van der Waals surface area contributed by atoms with Crippen molar-refractivity contribution in [2.75, 3.05) is 29.9 Å².